The second-order valence-electron chi connectivity index (χ2n) is 5.12. The zero-order chi connectivity index (χ0) is 12.9. The quantitative estimate of drug-likeness (QED) is 0.514. The third kappa shape index (κ3) is 13.4. The standard InChI is InChI=1S/C15H31NO.H2/c1-5-17-13-15(4)16-12-10-8-6-7-9-11-14(2)3;/h14,16H,4-13H2,1-3H3;1H. The highest BCUT2D eigenvalue weighted by molar-refractivity contribution is 4.90. The number of ether oxygens (including phenoxy) is 1. The highest BCUT2D eigenvalue weighted by Gasteiger charge is 1.95. The molecule has 0 aliphatic carbocycles. The normalized spacial score (nSPS) is 10.8. The maximum Gasteiger partial charge on any atom is 0.0856 e. The molecule has 0 aromatic rings. The number of hydrogen-bond donors (Lipinski definition) is 1. The average Bonchev–Trinajstić information content (AvgIpc) is 2.29. The molecular formula is C15H33NO. The third-order valence-electron chi connectivity index (χ3n) is 2.81. The molecule has 0 spiro atoms. The van der Waals surface area contributed by atoms with Crippen LogP contribution in [0.15, 0.2) is 12.3 Å². The molecule has 2 nitrogen and oxygen atoms in total. The van der Waals surface area contributed by atoms with Gasteiger partial charge in [-0.25, -0.2) is 0 Å². The summed E-state index contributed by atoms with van der Waals surface area (Å²) in [7, 11) is 0. The smallest absolute Gasteiger partial charge is 0.0856 e. The van der Waals surface area contributed by atoms with Crippen LogP contribution in [0.4, 0.5) is 0 Å². The van der Waals surface area contributed by atoms with Crippen molar-refractivity contribution in [3.63, 3.8) is 0 Å². The molecule has 0 amide bonds. The van der Waals surface area contributed by atoms with Crippen LogP contribution in [-0.4, -0.2) is 19.8 Å². The van der Waals surface area contributed by atoms with Crippen LogP contribution in [0.2, 0.25) is 0 Å². The maximum absolute atomic E-state index is 5.27. The van der Waals surface area contributed by atoms with Crippen LogP contribution in [0.25, 0.3) is 0 Å². The molecule has 1 N–H and O–H groups in total. The molecule has 0 unspecified atom stereocenters. The van der Waals surface area contributed by atoms with Gasteiger partial charge in [0.25, 0.3) is 0 Å². The van der Waals surface area contributed by atoms with Gasteiger partial charge >= 0.3 is 0 Å². The Bertz CT molecular complexity index is 183. The van der Waals surface area contributed by atoms with Gasteiger partial charge in [-0.3, -0.25) is 0 Å². The minimum Gasteiger partial charge on any atom is -0.387 e. The lowest BCUT2D eigenvalue weighted by Crippen LogP contribution is -2.17. The van der Waals surface area contributed by atoms with E-state index in [0.29, 0.717) is 6.61 Å². The van der Waals surface area contributed by atoms with Gasteiger partial charge in [-0.15, -0.1) is 0 Å². The fraction of sp³-hybridized carbons (Fsp3) is 0.867. The minimum atomic E-state index is 0. The van der Waals surface area contributed by atoms with Gasteiger partial charge in [-0.1, -0.05) is 52.5 Å². The van der Waals surface area contributed by atoms with Crippen molar-refractivity contribution >= 4 is 0 Å². The predicted molar refractivity (Wildman–Crippen MR) is 78.3 cm³/mol. The molecule has 0 rings (SSSR count). The molecule has 0 aromatic carbocycles. The maximum atomic E-state index is 5.27. The fourth-order valence-electron chi connectivity index (χ4n) is 1.75. The SMILES string of the molecule is C=C(COCC)NCCCCCCCC(C)C.[HH]. The molecule has 0 fully saturated rings. The summed E-state index contributed by atoms with van der Waals surface area (Å²) >= 11 is 0. The Hall–Kier alpha value is -0.500. The van der Waals surface area contributed by atoms with Crippen molar-refractivity contribution in [1.29, 1.82) is 0 Å². The molecule has 2 heteroatoms. The van der Waals surface area contributed by atoms with E-state index in [1.54, 1.807) is 0 Å². The molecule has 0 saturated carbocycles. The highest BCUT2D eigenvalue weighted by Crippen LogP contribution is 2.10. The Morgan fingerprint density at radius 2 is 1.82 bits per heavy atom. The lowest BCUT2D eigenvalue weighted by Gasteiger charge is -2.09. The lowest BCUT2D eigenvalue weighted by atomic mass is 10.0. The number of hydrogen-bond acceptors (Lipinski definition) is 2. The molecule has 0 bridgehead atoms. The van der Waals surface area contributed by atoms with E-state index >= 15 is 0 Å². The van der Waals surface area contributed by atoms with Crippen molar-refractivity contribution in [2.75, 3.05) is 19.8 Å². The number of unbranched alkanes of at least 4 members (excludes halogenated alkanes) is 4. The molecule has 0 aliphatic rings. The summed E-state index contributed by atoms with van der Waals surface area (Å²) < 4.78 is 5.27. The summed E-state index contributed by atoms with van der Waals surface area (Å²) in [5.41, 5.74) is 1.01. The van der Waals surface area contributed by atoms with E-state index in [0.717, 1.165) is 24.8 Å². The Balaban J connectivity index is 0. The molecule has 104 valence electrons. The Morgan fingerprint density at radius 3 is 2.47 bits per heavy atom. The number of rotatable bonds is 12. The van der Waals surface area contributed by atoms with Gasteiger partial charge in [0.15, 0.2) is 0 Å². The summed E-state index contributed by atoms with van der Waals surface area (Å²) in [4.78, 5) is 0. The van der Waals surface area contributed by atoms with Crippen molar-refractivity contribution in [3.8, 4) is 0 Å². The van der Waals surface area contributed by atoms with E-state index in [9.17, 15) is 0 Å². The Kier molecular flexibility index (Phi) is 11.6. The van der Waals surface area contributed by atoms with Crippen molar-refractivity contribution in [2.45, 2.75) is 59.3 Å². The molecule has 0 aliphatic heterocycles. The second-order valence-corrected chi connectivity index (χ2v) is 5.12. The van der Waals surface area contributed by atoms with Crippen LogP contribution in [-0.2, 0) is 4.74 Å². The minimum absolute atomic E-state index is 0. The third-order valence-corrected chi connectivity index (χ3v) is 2.81. The molecule has 0 atom stereocenters. The van der Waals surface area contributed by atoms with Crippen LogP contribution in [0.1, 0.15) is 60.7 Å². The average molecular weight is 243 g/mol. The first-order chi connectivity index (χ1) is 8.16. The Morgan fingerprint density at radius 1 is 1.18 bits per heavy atom. The largest absolute Gasteiger partial charge is 0.387 e. The van der Waals surface area contributed by atoms with Gasteiger partial charge in [-0.05, 0) is 19.3 Å². The van der Waals surface area contributed by atoms with Crippen LogP contribution < -0.4 is 5.32 Å². The summed E-state index contributed by atoms with van der Waals surface area (Å²) in [6.07, 6.45) is 8.09. The monoisotopic (exact) mass is 243 g/mol. The second kappa shape index (κ2) is 12.0. The molecular weight excluding hydrogens is 210 g/mol. The van der Waals surface area contributed by atoms with E-state index in [2.05, 4.69) is 25.7 Å². The summed E-state index contributed by atoms with van der Waals surface area (Å²) in [6, 6.07) is 0. The fourth-order valence-corrected chi connectivity index (χ4v) is 1.75. The van der Waals surface area contributed by atoms with Gasteiger partial charge in [0, 0.05) is 20.3 Å². The van der Waals surface area contributed by atoms with E-state index < -0.39 is 0 Å². The van der Waals surface area contributed by atoms with Crippen LogP contribution in [0.3, 0.4) is 0 Å². The summed E-state index contributed by atoms with van der Waals surface area (Å²) in [6.45, 7) is 13.0. The van der Waals surface area contributed by atoms with Crippen LogP contribution in [0.5, 0.6) is 0 Å². The van der Waals surface area contributed by atoms with E-state index in [-0.39, 0.29) is 1.43 Å². The van der Waals surface area contributed by atoms with E-state index in [1.165, 1.54) is 38.5 Å². The molecule has 0 radical (unpaired) electrons. The van der Waals surface area contributed by atoms with Gasteiger partial charge < -0.3 is 10.1 Å². The highest BCUT2D eigenvalue weighted by atomic mass is 16.5. The van der Waals surface area contributed by atoms with Crippen LogP contribution in [0, 0.1) is 5.92 Å². The molecule has 0 aromatic heterocycles. The van der Waals surface area contributed by atoms with Gasteiger partial charge in [-0.2, -0.15) is 0 Å². The van der Waals surface area contributed by atoms with Gasteiger partial charge in [0.2, 0.25) is 0 Å². The summed E-state index contributed by atoms with van der Waals surface area (Å²) in [5, 5.41) is 3.31. The van der Waals surface area contributed by atoms with E-state index in [4.69, 9.17) is 4.74 Å². The topological polar surface area (TPSA) is 21.3 Å². The Labute approximate surface area is 109 Å². The van der Waals surface area contributed by atoms with Gasteiger partial charge in [0.05, 0.1) is 6.61 Å². The summed E-state index contributed by atoms with van der Waals surface area (Å²) in [5.74, 6) is 0.860. The lowest BCUT2D eigenvalue weighted by molar-refractivity contribution is 0.166. The van der Waals surface area contributed by atoms with Gasteiger partial charge in [0.1, 0.15) is 0 Å². The first-order valence-corrected chi connectivity index (χ1v) is 7.16. The zero-order valence-corrected chi connectivity index (χ0v) is 12.1. The number of nitrogens with one attached hydrogen (secondary N) is 1. The predicted octanol–water partition coefficient (Wildman–Crippen LogP) is 4.37. The molecule has 17 heavy (non-hydrogen) atoms. The first kappa shape index (κ1) is 16.5. The zero-order valence-electron chi connectivity index (χ0n) is 12.1. The van der Waals surface area contributed by atoms with Crippen molar-refractivity contribution in [1.82, 2.24) is 5.32 Å². The van der Waals surface area contributed by atoms with Crippen molar-refractivity contribution in [2.24, 2.45) is 5.92 Å². The van der Waals surface area contributed by atoms with Crippen molar-refractivity contribution in [3.05, 3.63) is 12.3 Å². The first-order valence-electron chi connectivity index (χ1n) is 7.16. The molecule has 0 saturated heterocycles. The van der Waals surface area contributed by atoms with E-state index in [1.807, 2.05) is 6.92 Å². The molecule has 0 heterocycles. The van der Waals surface area contributed by atoms with Crippen molar-refractivity contribution < 1.29 is 6.16 Å². The van der Waals surface area contributed by atoms with Crippen LogP contribution >= 0.6 is 0 Å².